The summed E-state index contributed by atoms with van der Waals surface area (Å²) in [6.07, 6.45) is 6.63. The van der Waals surface area contributed by atoms with Gasteiger partial charge in [-0.3, -0.25) is 4.68 Å². The molecule has 16 heavy (non-hydrogen) atoms. The summed E-state index contributed by atoms with van der Waals surface area (Å²) in [6, 6.07) is 0.693. The second-order valence-electron chi connectivity index (χ2n) is 5.64. The molecule has 1 N–H and O–H groups in total. The van der Waals surface area contributed by atoms with Crippen LogP contribution in [0.5, 0.6) is 0 Å². The molecule has 1 heterocycles. The smallest absolute Gasteiger partial charge is 0.151 e. The van der Waals surface area contributed by atoms with Crippen LogP contribution < -0.4 is 5.32 Å². The Bertz CT molecular complexity index is 343. The van der Waals surface area contributed by atoms with Crippen LogP contribution in [-0.2, 0) is 13.5 Å². The van der Waals surface area contributed by atoms with E-state index in [0.29, 0.717) is 11.5 Å². The number of hydrogen-bond donors (Lipinski definition) is 1. The SMILES string of the molecule is Cn1cnc(CCNC2CCC(C)(C)C2)n1. The molecule has 0 bridgehead atoms. The maximum absolute atomic E-state index is 4.27. The summed E-state index contributed by atoms with van der Waals surface area (Å²) in [5.74, 6) is 0.937. The maximum Gasteiger partial charge on any atom is 0.151 e. The highest BCUT2D eigenvalue weighted by molar-refractivity contribution is 4.88. The molecule has 90 valence electrons. The van der Waals surface area contributed by atoms with Crippen LogP contribution in [0.3, 0.4) is 0 Å². The normalized spacial score (nSPS) is 23.8. The summed E-state index contributed by atoms with van der Waals surface area (Å²) in [5, 5.41) is 7.87. The third-order valence-electron chi connectivity index (χ3n) is 3.40. The van der Waals surface area contributed by atoms with Crippen LogP contribution in [0.2, 0.25) is 0 Å². The predicted molar refractivity (Wildman–Crippen MR) is 64.1 cm³/mol. The van der Waals surface area contributed by atoms with E-state index in [2.05, 4.69) is 29.2 Å². The van der Waals surface area contributed by atoms with E-state index in [1.54, 1.807) is 11.0 Å². The van der Waals surface area contributed by atoms with Gasteiger partial charge in [-0.15, -0.1) is 0 Å². The average Bonchev–Trinajstić information content (AvgIpc) is 2.73. The highest BCUT2D eigenvalue weighted by Crippen LogP contribution is 2.36. The van der Waals surface area contributed by atoms with Gasteiger partial charge in [-0.25, -0.2) is 4.98 Å². The summed E-state index contributed by atoms with van der Waals surface area (Å²) >= 11 is 0. The zero-order valence-electron chi connectivity index (χ0n) is 10.5. The molecule has 0 saturated heterocycles. The van der Waals surface area contributed by atoms with Gasteiger partial charge >= 0.3 is 0 Å². The van der Waals surface area contributed by atoms with Gasteiger partial charge in [0.25, 0.3) is 0 Å². The van der Waals surface area contributed by atoms with Gasteiger partial charge in [-0.05, 0) is 24.7 Å². The Labute approximate surface area is 97.5 Å². The molecule has 1 aliphatic carbocycles. The second kappa shape index (κ2) is 4.53. The lowest BCUT2D eigenvalue weighted by Crippen LogP contribution is -2.29. The summed E-state index contributed by atoms with van der Waals surface area (Å²) in [7, 11) is 1.91. The molecule has 1 aliphatic rings. The van der Waals surface area contributed by atoms with E-state index in [4.69, 9.17) is 0 Å². The number of nitrogens with one attached hydrogen (secondary N) is 1. The fourth-order valence-corrected chi connectivity index (χ4v) is 2.50. The molecule has 1 saturated carbocycles. The Morgan fingerprint density at radius 2 is 2.38 bits per heavy atom. The first-order valence-corrected chi connectivity index (χ1v) is 6.13. The Morgan fingerprint density at radius 3 is 2.94 bits per heavy atom. The fourth-order valence-electron chi connectivity index (χ4n) is 2.50. The molecule has 0 amide bonds. The average molecular weight is 222 g/mol. The minimum atomic E-state index is 0.529. The van der Waals surface area contributed by atoms with Crippen LogP contribution >= 0.6 is 0 Å². The number of aromatic nitrogens is 3. The number of nitrogens with zero attached hydrogens (tertiary/aromatic N) is 3. The molecule has 0 aliphatic heterocycles. The molecule has 2 rings (SSSR count). The molecule has 0 radical (unpaired) electrons. The highest BCUT2D eigenvalue weighted by Gasteiger charge is 2.30. The van der Waals surface area contributed by atoms with Gasteiger partial charge in [0.15, 0.2) is 5.82 Å². The van der Waals surface area contributed by atoms with Crippen molar-refractivity contribution < 1.29 is 0 Å². The standard InChI is InChI=1S/C12H22N4/c1-12(2)6-4-10(8-12)13-7-5-11-14-9-16(3)15-11/h9-10,13H,4-8H2,1-3H3. The van der Waals surface area contributed by atoms with Crippen LogP contribution in [0, 0.1) is 5.41 Å². The fraction of sp³-hybridized carbons (Fsp3) is 0.833. The van der Waals surface area contributed by atoms with Crippen LogP contribution in [0.1, 0.15) is 38.9 Å². The third kappa shape index (κ3) is 3.04. The van der Waals surface area contributed by atoms with Crippen molar-refractivity contribution >= 4 is 0 Å². The maximum atomic E-state index is 4.27. The first-order valence-electron chi connectivity index (χ1n) is 6.13. The van der Waals surface area contributed by atoms with Crippen molar-refractivity contribution in [3.63, 3.8) is 0 Å². The molecular weight excluding hydrogens is 200 g/mol. The van der Waals surface area contributed by atoms with Gasteiger partial charge < -0.3 is 5.32 Å². The lowest BCUT2D eigenvalue weighted by molar-refractivity contribution is 0.365. The lowest BCUT2D eigenvalue weighted by atomic mass is 9.92. The van der Waals surface area contributed by atoms with Gasteiger partial charge in [0, 0.05) is 26.1 Å². The van der Waals surface area contributed by atoms with Crippen LogP contribution in [-0.4, -0.2) is 27.4 Å². The molecule has 1 aromatic rings. The zero-order valence-corrected chi connectivity index (χ0v) is 10.5. The van der Waals surface area contributed by atoms with Crippen LogP contribution in [0.15, 0.2) is 6.33 Å². The summed E-state index contributed by atoms with van der Waals surface area (Å²) < 4.78 is 1.76. The minimum Gasteiger partial charge on any atom is -0.314 e. The summed E-state index contributed by atoms with van der Waals surface area (Å²) in [5.41, 5.74) is 0.529. The second-order valence-corrected chi connectivity index (χ2v) is 5.64. The number of rotatable bonds is 4. The Morgan fingerprint density at radius 1 is 1.56 bits per heavy atom. The van der Waals surface area contributed by atoms with E-state index in [1.807, 2.05) is 7.05 Å². The molecular formula is C12H22N4. The molecule has 1 fully saturated rings. The van der Waals surface area contributed by atoms with Crippen molar-refractivity contribution in [1.82, 2.24) is 20.1 Å². The summed E-state index contributed by atoms with van der Waals surface area (Å²) in [6.45, 7) is 5.70. The molecule has 0 spiro atoms. The lowest BCUT2D eigenvalue weighted by Gasteiger charge is -2.17. The highest BCUT2D eigenvalue weighted by atomic mass is 15.3. The molecule has 1 atom stereocenters. The van der Waals surface area contributed by atoms with Crippen molar-refractivity contribution in [3.05, 3.63) is 12.2 Å². The first-order chi connectivity index (χ1) is 7.55. The van der Waals surface area contributed by atoms with Crippen molar-refractivity contribution in [3.8, 4) is 0 Å². The summed E-state index contributed by atoms with van der Waals surface area (Å²) in [4.78, 5) is 4.22. The quantitative estimate of drug-likeness (QED) is 0.840. The molecule has 4 nitrogen and oxygen atoms in total. The monoisotopic (exact) mass is 222 g/mol. The Kier molecular flexibility index (Phi) is 3.28. The van der Waals surface area contributed by atoms with Crippen LogP contribution in [0.4, 0.5) is 0 Å². The zero-order chi connectivity index (χ0) is 11.6. The molecule has 1 unspecified atom stereocenters. The van der Waals surface area contributed by atoms with Gasteiger partial charge in [0.05, 0.1) is 0 Å². The Balaban J connectivity index is 1.69. The van der Waals surface area contributed by atoms with Crippen molar-refractivity contribution in [2.75, 3.05) is 6.54 Å². The van der Waals surface area contributed by atoms with E-state index >= 15 is 0 Å². The largest absolute Gasteiger partial charge is 0.314 e. The van der Waals surface area contributed by atoms with Crippen molar-refractivity contribution in [2.24, 2.45) is 12.5 Å². The van der Waals surface area contributed by atoms with Gasteiger partial charge in [-0.2, -0.15) is 5.10 Å². The van der Waals surface area contributed by atoms with E-state index in [-0.39, 0.29) is 0 Å². The molecule has 4 heteroatoms. The van der Waals surface area contributed by atoms with E-state index in [9.17, 15) is 0 Å². The van der Waals surface area contributed by atoms with Gasteiger partial charge in [-0.1, -0.05) is 13.8 Å². The van der Waals surface area contributed by atoms with Crippen molar-refractivity contribution in [2.45, 2.75) is 45.6 Å². The van der Waals surface area contributed by atoms with Gasteiger partial charge in [0.2, 0.25) is 0 Å². The number of hydrogen-bond acceptors (Lipinski definition) is 3. The van der Waals surface area contributed by atoms with Crippen LogP contribution in [0.25, 0.3) is 0 Å². The van der Waals surface area contributed by atoms with E-state index < -0.39 is 0 Å². The topological polar surface area (TPSA) is 42.7 Å². The minimum absolute atomic E-state index is 0.529. The van der Waals surface area contributed by atoms with E-state index in [0.717, 1.165) is 18.8 Å². The Hall–Kier alpha value is -0.900. The van der Waals surface area contributed by atoms with E-state index in [1.165, 1.54) is 19.3 Å². The molecule has 0 aromatic carbocycles. The van der Waals surface area contributed by atoms with Gasteiger partial charge in [0.1, 0.15) is 6.33 Å². The predicted octanol–water partition coefficient (Wildman–Crippen LogP) is 1.53. The third-order valence-corrected chi connectivity index (χ3v) is 3.40. The van der Waals surface area contributed by atoms with Crippen molar-refractivity contribution in [1.29, 1.82) is 0 Å². The molecule has 1 aromatic heterocycles. The number of aryl methyl sites for hydroxylation is 1. The first kappa shape index (κ1) is 11.6.